The molecule has 3 aromatic rings. The number of piperazine rings is 1. The number of carbonyl (C=O) groups excluding carboxylic acids is 1. The Hall–Kier alpha value is -2.92. The molecule has 3 fully saturated rings. The molecule has 1 N–H and O–H groups in total. The zero-order valence-electron chi connectivity index (χ0n) is 26.7. The summed E-state index contributed by atoms with van der Waals surface area (Å²) in [6, 6.07) is 2.31. The van der Waals surface area contributed by atoms with Crippen LogP contribution in [0.4, 0.5) is 5.82 Å². The fourth-order valence-corrected chi connectivity index (χ4v) is 7.76. The first-order chi connectivity index (χ1) is 21.1. The van der Waals surface area contributed by atoms with Crippen molar-refractivity contribution in [3.63, 3.8) is 0 Å². The van der Waals surface area contributed by atoms with Gasteiger partial charge in [-0.3, -0.25) is 19.5 Å². The Morgan fingerprint density at radius 2 is 2.07 bits per heavy atom. The van der Waals surface area contributed by atoms with Crippen molar-refractivity contribution in [3.05, 3.63) is 41.2 Å². The maximum Gasteiger partial charge on any atom is 0.246 e. The van der Waals surface area contributed by atoms with Crippen molar-refractivity contribution in [1.29, 1.82) is 0 Å². The lowest BCUT2D eigenvalue weighted by molar-refractivity contribution is -0.129. The summed E-state index contributed by atoms with van der Waals surface area (Å²) >= 11 is 7.19. The second-order valence-electron chi connectivity index (χ2n) is 13.0. The maximum atomic E-state index is 12.5. The molecule has 4 atom stereocenters. The van der Waals surface area contributed by atoms with Crippen LogP contribution in [-0.4, -0.2) is 106 Å². The number of nitrogens with one attached hydrogen (secondary N) is 1. The van der Waals surface area contributed by atoms with Gasteiger partial charge in [0.2, 0.25) is 5.91 Å². The molecule has 3 aliphatic rings. The van der Waals surface area contributed by atoms with E-state index in [1.54, 1.807) is 0 Å². The van der Waals surface area contributed by atoms with Crippen LogP contribution in [0, 0.1) is 13.8 Å². The number of rotatable bonds is 7. The SMILES string of the molecule is C=CC(=O)N1CC[C@@H](n2nc(N3CCN(C[C@@H]4COCCO4)C[C@]3(C)CC)c(-c3c(Cl)c(C)cc4[nH]ncc34)c2C)C[C@H]1C. The van der Waals surface area contributed by atoms with Crippen molar-refractivity contribution in [3.8, 4) is 11.1 Å². The Balaban J connectivity index is 1.42. The Morgan fingerprint density at radius 1 is 1.25 bits per heavy atom. The third-order valence-corrected chi connectivity index (χ3v) is 10.6. The molecule has 1 amide bonds. The molecule has 0 radical (unpaired) electrons. The molecule has 6 rings (SSSR count). The lowest BCUT2D eigenvalue weighted by atomic mass is 9.91. The highest BCUT2D eigenvalue weighted by Crippen LogP contribution is 2.46. The molecule has 44 heavy (non-hydrogen) atoms. The molecule has 1 aromatic carbocycles. The first-order valence-electron chi connectivity index (χ1n) is 16.0. The highest BCUT2D eigenvalue weighted by molar-refractivity contribution is 6.36. The number of hydrogen-bond acceptors (Lipinski definition) is 7. The number of benzene rings is 1. The molecular formula is C33H46ClN7O3. The number of likely N-dealkylation sites (tertiary alicyclic amines) is 1. The molecule has 5 heterocycles. The lowest BCUT2D eigenvalue weighted by Gasteiger charge is -2.50. The summed E-state index contributed by atoms with van der Waals surface area (Å²) in [6.07, 6.45) is 6.01. The van der Waals surface area contributed by atoms with E-state index in [-0.39, 0.29) is 29.6 Å². The van der Waals surface area contributed by atoms with Crippen molar-refractivity contribution < 1.29 is 14.3 Å². The van der Waals surface area contributed by atoms with E-state index < -0.39 is 0 Å². The largest absolute Gasteiger partial charge is 0.376 e. The van der Waals surface area contributed by atoms with E-state index in [1.165, 1.54) is 6.08 Å². The molecular weight excluding hydrogens is 578 g/mol. The predicted molar refractivity (Wildman–Crippen MR) is 174 cm³/mol. The summed E-state index contributed by atoms with van der Waals surface area (Å²) in [6.45, 7) is 20.8. The van der Waals surface area contributed by atoms with Crippen LogP contribution in [0.15, 0.2) is 24.9 Å². The van der Waals surface area contributed by atoms with Gasteiger partial charge in [0, 0.05) is 61.0 Å². The fraction of sp³-hybridized carbons (Fsp3) is 0.606. The number of piperidine rings is 1. The third-order valence-electron chi connectivity index (χ3n) is 10.1. The first kappa shape index (κ1) is 31.1. The van der Waals surface area contributed by atoms with Gasteiger partial charge in [0.25, 0.3) is 0 Å². The molecule has 0 saturated carbocycles. The number of amides is 1. The number of aryl methyl sites for hydroxylation is 1. The number of halogens is 1. The normalized spacial score (nSPS) is 26.8. The standard InChI is InChI=1S/C33H46ClN7O3/c1-7-28(42)39-10-9-24(16-22(39)4)41-23(5)29(30-26-17-35-36-27(26)15-21(3)31(30)34)32(37-41)40-12-11-38(20-33(40,6)8-2)18-25-19-43-13-14-44-25/h7,15,17,22,24-25H,1,8-14,16,18-20H2,2-6H3,(H,35,36)/t22-,24-,25-,33+/m1/s1. The number of fused-ring (bicyclic) bond motifs is 1. The molecule has 3 aliphatic heterocycles. The smallest absolute Gasteiger partial charge is 0.246 e. The molecule has 238 valence electrons. The van der Waals surface area contributed by atoms with Gasteiger partial charge >= 0.3 is 0 Å². The van der Waals surface area contributed by atoms with E-state index in [1.807, 2.05) is 18.0 Å². The summed E-state index contributed by atoms with van der Waals surface area (Å²) in [5.74, 6) is 0.959. The minimum Gasteiger partial charge on any atom is -0.376 e. The van der Waals surface area contributed by atoms with E-state index in [0.29, 0.717) is 26.4 Å². The van der Waals surface area contributed by atoms with E-state index in [4.69, 9.17) is 26.2 Å². The number of nitrogens with zero attached hydrogens (tertiary/aromatic N) is 6. The van der Waals surface area contributed by atoms with Crippen LogP contribution in [0.1, 0.15) is 57.3 Å². The van der Waals surface area contributed by atoms with Crippen LogP contribution in [0.2, 0.25) is 5.02 Å². The van der Waals surface area contributed by atoms with E-state index >= 15 is 0 Å². The number of carbonyl (C=O) groups is 1. The summed E-state index contributed by atoms with van der Waals surface area (Å²) in [5.41, 5.74) is 4.94. The van der Waals surface area contributed by atoms with Crippen molar-refractivity contribution in [2.24, 2.45) is 0 Å². The zero-order chi connectivity index (χ0) is 31.2. The number of ether oxygens (including phenoxy) is 2. The second-order valence-corrected chi connectivity index (χ2v) is 13.4. The van der Waals surface area contributed by atoms with E-state index in [2.05, 4.69) is 65.0 Å². The molecule has 0 unspecified atom stereocenters. The van der Waals surface area contributed by atoms with E-state index in [0.717, 1.165) is 89.6 Å². The Labute approximate surface area is 265 Å². The molecule has 0 spiro atoms. The van der Waals surface area contributed by atoms with Crippen LogP contribution in [0.25, 0.3) is 22.0 Å². The molecule has 2 aromatic heterocycles. The van der Waals surface area contributed by atoms with Gasteiger partial charge in [0.05, 0.1) is 54.2 Å². The molecule has 0 bridgehead atoms. The Kier molecular flexibility index (Phi) is 8.80. The predicted octanol–water partition coefficient (Wildman–Crippen LogP) is 5.14. The van der Waals surface area contributed by atoms with Crippen LogP contribution >= 0.6 is 11.6 Å². The zero-order valence-corrected chi connectivity index (χ0v) is 27.5. The van der Waals surface area contributed by atoms with Gasteiger partial charge < -0.3 is 19.3 Å². The average Bonchev–Trinajstić information content (AvgIpc) is 3.62. The minimum absolute atomic E-state index is 0.00909. The molecule has 3 saturated heterocycles. The van der Waals surface area contributed by atoms with Gasteiger partial charge in [-0.15, -0.1) is 0 Å². The molecule has 11 heteroatoms. The lowest BCUT2D eigenvalue weighted by Crippen LogP contribution is -2.62. The quantitative estimate of drug-likeness (QED) is 0.364. The topological polar surface area (TPSA) is 91.8 Å². The van der Waals surface area contributed by atoms with Gasteiger partial charge in [0.1, 0.15) is 0 Å². The first-order valence-corrected chi connectivity index (χ1v) is 16.4. The van der Waals surface area contributed by atoms with Gasteiger partial charge in [-0.05, 0) is 64.7 Å². The van der Waals surface area contributed by atoms with Crippen molar-refractivity contribution in [1.82, 2.24) is 29.8 Å². The minimum atomic E-state index is -0.160. The van der Waals surface area contributed by atoms with Crippen molar-refractivity contribution in [2.75, 3.05) is 57.4 Å². The molecule has 0 aliphatic carbocycles. The highest BCUT2D eigenvalue weighted by atomic mass is 35.5. The Bertz CT molecular complexity index is 1530. The second kappa shape index (κ2) is 12.5. The maximum absolute atomic E-state index is 12.5. The van der Waals surface area contributed by atoms with Gasteiger partial charge in [-0.25, -0.2) is 0 Å². The monoisotopic (exact) mass is 623 g/mol. The van der Waals surface area contributed by atoms with Gasteiger partial charge in [-0.2, -0.15) is 10.2 Å². The number of anilines is 1. The van der Waals surface area contributed by atoms with Crippen LogP contribution in [-0.2, 0) is 14.3 Å². The number of aromatic amines is 1. The summed E-state index contributed by atoms with van der Waals surface area (Å²) in [7, 11) is 0. The van der Waals surface area contributed by atoms with Gasteiger partial charge in [-0.1, -0.05) is 25.1 Å². The van der Waals surface area contributed by atoms with Gasteiger partial charge in [0.15, 0.2) is 5.82 Å². The highest BCUT2D eigenvalue weighted by Gasteiger charge is 2.41. The number of H-pyrrole nitrogens is 1. The molecule has 10 nitrogen and oxygen atoms in total. The van der Waals surface area contributed by atoms with Crippen molar-refractivity contribution >= 4 is 34.2 Å². The van der Waals surface area contributed by atoms with E-state index in [9.17, 15) is 4.79 Å². The fourth-order valence-electron chi connectivity index (χ4n) is 7.51. The summed E-state index contributed by atoms with van der Waals surface area (Å²) in [4.78, 5) is 19.5. The number of hydrogen-bond donors (Lipinski definition) is 1. The average molecular weight is 624 g/mol. The Morgan fingerprint density at radius 3 is 2.77 bits per heavy atom. The van der Waals surface area contributed by atoms with Crippen molar-refractivity contribution in [2.45, 2.75) is 77.6 Å². The summed E-state index contributed by atoms with van der Waals surface area (Å²) < 4.78 is 13.9. The third kappa shape index (κ3) is 5.55. The number of aromatic nitrogens is 4. The van der Waals surface area contributed by atoms with Crippen LogP contribution in [0.5, 0.6) is 0 Å². The van der Waals surface area contributed by atoms with Crippen LogP contribution in [0.3, 0.4) is 0 Å². The van der Waals surface area contributed by atoms with Crippen LogP contribution < -0.4 is 4.90 Å². The summed E-state index contributed by atoms with van der Waals surface area (Å²) in [5, 5.41) is 14.8.